The molecule has 28 heavy (non-hydrogen) atoms. The summed E-state index contributed by atoms with van der Waals surface area (Å²) in [5.74, 6) is 0.685. The maximum absolute atomic E-state index is 12.6. The lowest BCUT2D eigenvalue weighted by Crippen LogP contribution is -2.51. The van der Waals surface area contributed by atoms with E-state index in [2.05, 4.69) is 32.6 Å². The second kappa shape index (κ2) is 10.5. The number of benzene rings is 1. The Morgan fingerprint density at radius 3 is 2.21 bits per heavy atom. The molecule has 1 aromatic rings. The van der Waals surface area contributed by atoms with Crippen LogP contribution in [-0.2, 0) is 14.3 Å². The zero-order chi connectivity index (χ0) is 19.8. The summed E-state index contributed by atoms with van der Waals surface area (Å²) in [6.45, 7) is 5.10. The van der Waals surface area contributed by atoms with Gasteiger partial charge in [0.1, 0.15) is 0 Å². The van der Waals surface area contributed by atoms with Gasteiger partial charge in [0.05, 0.1) is 25.7 Å². The van der Waals surface area contributed by atoms with Crippen molar-refractivity contribution in [1.29, 1.82) is 0 Å². The SMILES string of the molecule is COCCNC(=O)CN1CCN(CC(=O)NC(c2ccccc2)C2CC2)CC1. The maximum Gasteiger partial charge on any atom is 0.234 e. The maximum atomic E-state index is 12.6. The van der Waals surface area contributed by atoms with Crippen molar-refractivity contribution in [3.8, 4) is 0 Å². The van der Waals surface area contributed by atoms with Crippen molar-refractivity contribution in [2.24, 2.45) is 5.92 Å². The Kier molecular flexibility index (Phi) is 7.82. The highest BCUT2D eigenvalue weighted by Crippen LogP contribution is 2.40. The number of hydrogen-bond donors (Lipinski definition) is 2. The van der Waals surface area contributed by atoms with Gasteiger partial charge in [-0.05, 0) is 24.3 Å². The lowest BCUT2D eigenvalue weighted by molar-refractivity contribution is -0.125. The summed E-state index contributed by atoms with van der Waals surface area (Å²) in [5, 5.41) is 6.09. The summed E-state index contributed by atoms with van der Waals surface area (Å²) >= 11 is 0. The molecule has 0 aromatic heterocycles. The number of rotatable bonds is 10. The van der Waals surface area contributed by atoms with Crippen molar-refractivity contribution >= 4 is 11.8 Å². The van der Waals surface area contributed by atoms with Crippen LogP contribution in [-0.4, -0.2) is 81.1 Å². The molecule has 1 aliphatic carbocycles. The second-order valence-electron chi connectivity index (χ2n) is 7.69. The average molecular weight is 389 g/mol. The van der Waals surface area contributed by atoms with E-state index in [4.69, 9.17) is 4.74 Å². The molecule has 154 valence electrons. The largest absolute Gasteiger partial charge is 0.383 e. The van der Waals surface area contributed by atoms with Gasteiger partial charge >= 0.3 is 0 Å². The third-order valence-corrected chi connectivity index (χ3v) is 5.40. The Labute approximate surface area is 167 Å². The molecule has 2 aliphatic rings. The first kappa shape index (κ1) is 20.8. The zero-order valence-corrected chi connectivity index (χ0v) is 16.7. The van der Waals surface area contributed by atoms with E-state index in [1.165, 1.54) is 18.4 Å². The Balaban J connectivity index is 1.38. The van der Waals surface area contributed by atoms with Crippen molar-refractivity contribution in [2.45, 2.75) is 18.9 Å². The zero-order valence-electron chi connectivity index (χ0n) is 16.7. The van der Waals surface area contributed by atoms with Gasteiger partial charge in [-0.1, -0.05) is 30.3 Å². The molecule has 1 unspecified atom stereocenters. The molecule has 0 spiro atoms. The van der Waals surface area contributed by atoms with Gasteiger partial charge in [-0.2, -0.15) is 0 Å². The standard InChI is InChI=1S/C21H32N4O3/c1-28-14-9-22-19(26)15-24-10-12-25(13-11-24)16-20(27)23-21(18-7-8-18)17-5-3-2-4-6-17/h2-6,18,21H,7-16H2,1H3,(H,22,26)(H,23,27). The number of carbonyl (C=O) groups excluding carboxylic acids is 2. The molecule has 1 heterocycles. The minimum atomic E-state index is 0.0263. The van der Waals surface area contributed by atoms with Crippen molar-refractivity contribution in [1.82, 2.24) is 20.4 Å². The molecule has 1 saturated heterocycles. The molecule has 2 fully saturated rings. The molecule has 2 N–H and O–H groups in total. The van der Waals surface area contributed by atoms with Crippen molar-refractivity contribution < 1.29 is 14.3 Å². The normalized spacial score (nSPS) is 19.2. The van der Waals surface area contributed by atoms with Crippen LogP contribution in [0.5, 0.6) is 0 Å². The average Bonchev–Trinajstić information content (AvgIpc) is 3.54. The summed E-state index contributed by atoms with van der Waals surface area (Å²) in [6.07, 6.45) is 2.37. The molecular formula is C21H32N4O3. The highest BCUT2D eigenvalue weighted by atomic mass is 16.5. The Morgan fingerprint density at radius 2 is 1.64 bits per heavy atom. The summed E-state index contributed by atoms with van der Waals surface area (Å²) < 4.78 is 4.93. The van der Waals surface area contributed by atoms with Crippen LogP contribution in [0.1, 0.15) is 24.4 Å². The van der Waals surface area contributed by atoms with Gasteiger partial charge in [0.25, 0.3) is 0 Å². The van der Waals surface area contributed by atoms with Gasteiger partial charge in [0.15, 0.2) is 0 Å². The fraction of sp³-hybridized carbons (Fsp3) is 0.619. The summed E-state index contributed by atoms with van der Waals surface area (Å²) in [5.41, 5.74) is 1.20. The van der Waals surface area contributed by atoms with E-state index in [0.717, 1.165) is 26.2 Å². The molecule has 3 rings (SSSR count). The molecule has 1 aliphatic heterocycles. The van der Waals surface area contributed by atoms with Crippen LogP contribution in [0.15, 0.2) is 30.3 Å². The monoisotopic (exact) mass is 388 g/mol. The smallest absolute Gasteiger partial charge is 0.234 e. The quantitative estimate of drug-likeness (QED) is 0.576. The number of nitrogens with one attached hydrogen (secondary N) is 2. The number of amides is 2. The van der Waals surface area contributed by atoms with Crippen molar-refractivity contribution in [3.05, 3.63) is 35.9 Å². The van der Waals surface area contributed by atoms with Crippen LogP contribution < -0.4 is 10.6 Å². The minimum Gasteiger partial charge on any atom is -0.383 e. The predicted octanol–water partition coefficient (Wildman–Crippen LogP) is 0.634. The molecule has 0 bridgehead atoms. The fourth-order valence-electron chi connectivity index (χ4n) is 3.64. The number of piperazine rings is 1. The number of carbonyl (C=O) groups is 2. The highest BCUT2D eigenvalue weighted by Gasteiger charge is 2.33. The lowest BCUT2D eigenvalue weighted by atomic mass is 10.0. The van der Waals surface area contributed by atoms with E-state index in [-0.39, 0.29) is 17.9 Å². The summed E-state index contributed by atoms with van der Waals surface area (Å²) in [6, 6.07) is 10.4. The molecule has 1 atom stereocenters. The third-order valence-electron chi connectivity index (χ3n) is 5.40. The van der Waals surface area contributed by atoms with E-state index >= 15 is 0 Å². The van der Waals surface area contributed by atoms with E-state index in [1.54, 1.807) is 7.11 Å². The minimum absolute atomic E-state index is 0.0263. The van der Waals surface area contributed by atoms with Crippen molar-refractivity contribution in [3.63, 3.8) is 0 Å². The molecule has 1 saturated carbocycles. The van der Waals surface area contributed by atoms with E-state index < -0.39 is 0 Å². The van der Waals surface area contributed by atoms with E-state index in [1.807, 2.05) is 18.2 Å². The van der Waals surface area contributed by atoms with Gasteiger partial charge in [0.2, 0.25) is 11.8 Å². The summed E-state index contributed by atoms with van der Waals surface area (Å²) in [4.78, 5) is 28.8. The van der Waals surface area contributed by atoms with Gasteiger partial charge in [0, 0.05) is 39.8 Å². The fourth-order valence-corrected chi connectivity index (χ4v) is 3.64. The predicted molar refractivity (Wildman–Crippen MR) is 108 cm³/mol. The van der Waals surface area contributed by atoms with Gasteiger partial charge < -0.3 is 15.4 Å². The van der Waals surface area contributed by atoms with Crippen LogP contribution in [0.3, 0.4) is 0 Å². The van der Waals surface area contributed by atoms with Gasteiger partial charge in [-0.3, -0.25) is 19.4 Å². The topological polar surface area (TPSA) is 73.9 Å². The van der Waals surface area contributed by atoms with Crippen LogP contribution in [0.25, 0.3) is 0 Å². The highest BCUT2D eigenvalue weighted by molar-refractivity contribution is 5.79. The molecule has 0 radical (unpaired) electrons. The number of nitrogens with zero attached hydrogens (tertiary/aromatic N) is 2. The molecule has 7 heteroatoms. The first-order chi connectivity index (χ1) is 13.7. The number of hydrogen-bond acceptors (Lipinski definition) is 5. The Bertz CT molecular complexity index is 628. The van der Waals surface area contributed by atoms with Gasteiger partial charge in [-0.15, -0.1) is 0 Å². The van der Waals surface area contributed by atoms with Gasteiger partial charge in [-0.25, -0.2) is 0 Å². The van der Waals surface area contributed by atoms with Crippen LogP contribution in [0.4, 0.5) is 0 Å². The Morgan fingerprint density at radius 1 is 1.04 bits per heavy atom. The second-order valence-corrected chi connectivity index (χ2v) is 7.69. The molecule has 1 aromatic carbocycles. The summed E-state index contributed by atoms with van der Waals surface area (Å²) in [7, 11) is 1.62. The molecule has 7 nitrogen and oxygen atoms in total. The number of ether oxygens (including phenoxy) is 1. The third kappa shape index (κ3) is 6.58. The van der Waals surface area contributed by atoms with Crippen LogP contribution >= 0.6 is 0 Å². The Hall–Kier alpha value is -1.96. The molecule has 2 amide bonds. The lowest BCUT2D eigenvalue weighted by Gasteiger charge is -2.34. The van der Waals surface area contributed by atoms with E-state index in [9.17, 15) is 9.59 Å². The van der Waals surface area contributed by atoms with Crippen LogP contribution in [0, 0.1) is 5.92 Å². The first-order valence-corrected chi connectivity index (χ1v) is 10.2. The molecular weight excluding hydrogens is 356 g/mol. The number of methoxy groups -OCH3 is 1. The van der Waals surface area contributed by atoms with E-state index in [0.29, 0.717) is 32.2 Å². The first-order valence-electron chi connectivity index (χ1n) is 10.2. The van der Waals surface area contributed by atoms with Crippen LogP contribution in [0.2, 0.25) is 0 Å². The van der Waals surface area contributed by atoms with Crippen molar-refractivity contribution in [2.75, 3.05) is 59.5 Å².